The van der Waals surface area contributed by atoms with Crippen LogP contribution in [0.25, 0.3) is 0 Å². The first-order valence-electron chi connectivity index (χ1n) is 6.70. The van der Waals surface area contributed by atoms with Crippen LogP contribution in [0.3, 0.4) is 0 Å². The number of thiazole rings is 1. The van der Waals surface area contributed by atoms with E-state index >= 15 is 0 Å². The average Bonchev–Trinajstić information content (AvgIpc) is 2.70. The zero-order valence-corrected chi connectivity index (χ0v) is 11.0. The molecule has 96 valence electrons. The van der Waals surface area contributed by atoms with Crippen LogP contribution in [0, 0.1) is 29.1 Å². The quantitative estimate of drug-likeness (QED) is 0.579. The van der Waals surface area contributed by atoms with Gasteiger partial charge in [-0.3, -0.25) is 9.59 Å². The normalized spacial score (nSPS) is 40.5. The number of fused-ring (bicyclic) bond motifs is 3. The van der Waals surface area contributed by atoms with Crippen molar-refractivity contribution in [3.63, 3.8) is 0 Å². The van der Waals surface area contributed by atoms with Crippen LogP contribution in [0.1, 0.15) is 12.8 Å². The van der Waals surface area contributed by atoms with E-state index in [2.05, 4.69) is 17.1 Å². The molecule has 2 saturated carbocycles. The van der Waals surface area contributed by atoms with Gasteiger partial charge in [0.05, 0.1) is 11.8 Å². The van der Waals surface area contributed by atoms with Crippen molar-refractivity contribution in [2.24, 2.45) is 29.1 Å². The van der Waals surface area contributed by atoms with Crippen LogP contribution in [0.2, 0.25) is 0 Å². The lowest BCUT2D eigenvalue weighted by Crippen LogP contribution is -2.34. The summed E-state index contributed by atoms with van der Waals surface area (Å²) in [4.78, 5) is 30.7. The lowest BCUT2D eigenvalue weighted by Gasteiger charge is -2.19. The highest BCUT2D eigenvalue weighted by molar-refractivity contribution is 7.14. The first kappa shape index (κ1) is 10.3. The van der Waals surface area contributed by atoms with Crippen molar-refractivity contribution in [1.29, 1.82) is 0 Å². The molecule has 0 N–H and O–H groups in total. The van der Waals surface area contributed by atoms with Crippen LogP contribution in [-0.4, -0.2) is 16.8 Å². The molecule has 19 heavy (non-hydrogen) atoms. The highest BCUT2D eigenvalue weighted by Gasteiger charge is 2.73. The van der Waals surface area contributed by atoms with Crippen molar-refractivity contribution >= 4 is 28.3 Å². The van der Waals surface area contributed by atoms with E-state index in [1.165, 1.54) is 29.1 Å². The molecule has 5 rings (SSSR count). The molecule has 0 aromatic carbocycles. The van der Waals surface area contributed by atoms with Gasteiger partial charge in [0.2, 0.25) is 11.8 Å². The summed E-state index contributed by atoms with van der Waals surface area (Å²) in [6.45, 7) is 0. The molecule has 1 aromatic rings. The van der Waals surface area contributed by atoms with Crippen LogP contribution in [0.5, 0.6) is 0 Å². The minimum absolute atomic E-state index is 0.0203. The Bertz CT molecular complexity index is 598. The van der Waals surface area contributed by atoms with Gasteiger partial charge >= 0.3 is 0 Å². The molecule has 1 aromatic heterocycles. The maximum atomic E-state index is 12.6. The largest absolute Gasteiger partial charge is 0.274 e. The third-order valence-corrected chi connectivity index (χ3v) is 6.22. The molecule has 4 nitrogen and oxygen atoms in total. The number of hydrogen-bond acceptors (Lipinski definition) is 4. The molecule has 3 aliphatic carbocycles. The average molecular weight is 272 g/mol. The number of imide groups is 1. The molecule has 0 unspecified atom stereocenters. The Kier molecular flexibility index (Phi) is 1.62. The summed E-state index contributed by atoms with van der Waals surface area (Å²) in [5, 5.41) is 2.34. The van der Waals surface area contributed by atoms with E-state index < -0.39 is 0 Å². The van der Waals surface area contributed by atoms with Crippen molar-refractivity contribution in [2.45, 2.75) is 12.8 Å². The van der Waals surface area contributed by atoms with E-state index in [1.807, 2.05) is 0 Å². The first-order valence-corrected chi connectivity index (χ1v) is 7.58. The summed E-state index contributed by atoms with van der Waals surface area (Å²) < 4.78 is 0. The number of nitrogens with zero attached hydrogens (tertiary/aromatic N) is 2. The number of aromatic nitrogens is 1. The van der Waals surface area contributed by atoms with E-state index in [1.54, 1.807) is 11.6 Å². The number of hydrogen-bond donors (Lipinski definition) is 0. The van der Waals surface area contributed by atoms with Gasteiger partial charge in [-0.15, -0.1) is 11.3 Å². The van der Waals surface area contributed by atoms with Gasteiger partial charge in [-0.05, 0) is 30.1 Å². The minimum atomic E-state index is -0.117. The molecule has 1 spiro atoms. The molecule has 4 atom stereocenters. The van der Waals surface area contributed by atoms with Gasteiger partial charge in [-0.25, -0.2) is 9.88 Å². The van der Waals surface area contributed by atoms with Gasteiger partial charge in [-0.1, -0.05) is 12.2 Å². The zero-order chi connectivity index (χ0) is 12.8. The second kappa shape index (κ2) is 2.98. The third-order valence-electron chi connectivity index (χ3n) is 5.46. The number of allylic oxidation sites excluding steroid dienone is 2. The van der Waals surface area contributed by atoms with Gasteiger partial charge in [0.15, 0.2) is 5.13 Å². The smallest absolute Gasteiger partial charge is 0.240 e. The molecular weight excluding hydrogens is 260 g/mol. The van der Waals surface area contributed by atoms with Gasteiger partial charge in [-0.2, -0.15) is 0 Å². The van der Waals surface area contributed by atoms with Crippen LogP contribution < -0.4 is 4.90 Å². The Labute approximate surface area is 114 Å². The molecular formula is C14H12N2O2S. The number of rotatable bonds is 1. The van der Waals surface area contributed by atoms with Gasteiger partial charge in [0.25, 0.3) is 0 Å². The molecule has 2 amide bonds. The van der Waals surface area contributed by atoms with Crippen molar-refractivity contribution in [3.05, 3.63) is 23.7 Å². The van der Waals surface area contributed by atoms with Crippen molar-refractivity contribution in [2.75, 3.05) is 4.90 Å². The molecule has 2 bridgehead atoms. The van der Waals surface area contributed by atoms with Crippen LogP contribution in [0.4, 0.5) is 5.13 Å². The Balaban J connectivity index is 1.62. The summed E-state index contributed by atoms with van der Waals surface area (Å²) in [5.41, 5.74) is 0.273. The topological polar surface area (TPSA) is 50.3 Å². The Morgan fingerprint density at radius 2 is 1.79 bits per heavy atom. The standard InChI is InChI=1S/C14H12N2O2S/c17-11-9-7-1-2-8(14(7)3-4-14)10(9)12(18)16(11)13-15-5-6-19-13/h1-2,5-10H,3-4H2/t7-,8+,9-,10-/m0/s1. The van der Waals surface area contributed by atoms with E-state index in [-0.39, 0.29) is 29.1 Å². The Morgan fingerprint density at radius 1 is 1.16 bits per heavy atom. The van der Waals surface area contributed by atoms with E-state index in [4.69, 9.17) is 0 Å². The van der Waals surface area contributed by atoms with Crippen molar-refractivity contribution in [1.82, 2.24) is 4.98 Å². The van der Waals surface area contributed by atoms with E-state index in [9.17, 15) is 9.59 Å². The summed E-state index contributed by atoms with van der Waals surface area (Å²) in [6.07, 6.45) is 8.38. The molecule has 5 heteroatoms. The number of carbonyl (C=O) groups is 2. The second-order valence-electron chi connectivity index (χ2n) is 6.05. The minimum Gasteiger partial charge on any atom is -0.274 e. The fourth-order valence-corrected chi connectivity index (χ4v) is 5.24. The van der Waals surface area contributed by atoms with Gasteiger partial charge < -0.3 is 0 Å². The maximum Gasteiger partial charge on any atom is 0.240 e. The molecule has 2 heterocycles. The Morgan fingerprint density at radius 3 is 2.26 bits per heavy atom. The molecule has 0 radical (unpaired) electrons. The predicted molar refractivity (Wildman–Crippen MR) is 69.4 cm³/mol. The summed E-state index contributed by atoms with van der Waals surface area (Å²) >= 11 is 1.36. The fourth-order valence-electron chi connectivity index (χ4n) is 4.59. The number of anilines is 1. The zero-order valence-electron chi connectivity index (χ0n) is 10.2. The summed E-state index contributed by atoms with van der Waals surface area (Å²) in [7, 11) is 0. The second-order valence-corrected chi connectivity index (χ2v) is 6.92. The number of carbonyl (C=O) groups excluding carboxylic acids is 2. The highest BCUT2D eigenvalue weighted by Crippen LogP contribution is 2.73. The van der Waals surface area contributed by atoms with E-state index in [0.717, 1.165) is 0 Å². The lowest BCUT2D eigenvalue weighted by atomic mass is 9.85. The van der Waals surface area contributed by atoms with Crippen LogP contribution in [-0.2, 0) is 9.59 Å². The molecule has 4 aliphatic rings. The maximum absolute atomic E-state index is 12.6. The predicted octanol–water partition coefficient (Wildman–Crippen LogP) is 1.84. The highest BCUT2D eigenvalue weighted by atomic mass is 32.1. The van der Waals surface area contributed by atoms with Crippen molar-refractivity contribution in [3.8, 4) is 0 Å². The lowest BCUT2D eigenvalue weighted by molar-refractivity contribution is -0.123. The Hall–Kier alpha value is -1.49. The monoisotopic (exact) mass is 272 g/mol. The number of amides is 2. The van der Waals surface area contributed by atoms with Gasteiger partial charge in [0, 0.05) is 11.6 Å². The van der Waals surface area contributed by atoms with Crippen molar-refractivity contribution < 1.29 is 9.59 Å². The van der Waals surface area contributed by atoms with Crippen LogP contribution in [0.15, 0.2) is 23.7 Å². The third kappa shape index (κ3) is 0.982. The summed E-state index contributed by atoms with van der Waals surface area (Å²) in [6, 6.07) is 0. The molecule has 1 aliphatic heterocycles. The van der Waals surface area contributed by atoms with E-state index in [0.29, 0.717) is 17.0 Å². The molecule has 3 fully saturated rings. The fraction of sp³-hybridized carbons (Fsp3) is 0.500. The molecule has 1 saturated heterocycles. The van der Waals surface area contributed by atoms with Gasteiger partial charge in [0.1, 0.15) is 0 Å². The SMILES string of the molecule is O=C1[C@@H]2[C@@H](C(=O)N1c1nccs1)[C@@H]1C=C[C@H]2C12CC2. The van der Waals surface area contributed by atoms with Crippen LogP contribution >= 0.6 is 11.3 Å². The summed E-state index contributed by atoms with van der Waals surface area (Å²) in [5.74, 6) is 0.316. The first-order chi connectivity index (χ1) is 9.24.